The molecule has 0 fully saturated rings. The third-order valence-electron chi connectivity index (χ3n) is 2.81. The highest BCUT2D eigenvalue weighted by Crippen LogP contribution is 2.20. The molecule has 0 atom stereocenters. The van der Waals surface area contributed by atoms with Crippen molar-refractivity contribution in [3.63, 3.8) is 0 Å². The standard InChI is InChI=1S/C14H10N2O4/c17-12-5-6-13(18)16(12)20-14(19)10-3-4-11-9(8-10)2-1-7-15-11/h1-8,17-18H. The van der Waals surface area contributed by atoms with Crippen LogP contribution in [0.4, 0.5) is 0 Å². The van der Waals surface area contributed by atoms with Gasteiger partial charge >= 0.3 is 5.97 Å². The summed E-state index contributed by atoms with van der Waals surface area (Å²) in [7, 11) is 0. The second kappa shape index (κ2) is 4.58. The number of carbonyl (C=O) groups is 1. The number of nitrogens with zero attached hydrogens (tertiary/aromatic N) is 2. The Balaban J connectivity index is 1.93. The van der Waals surface area contributed by atoms with Crippen molar-refractivity contribution in [1.82, 2.24) is 9.71 Å². The number of rotatable bonds is 2. The van der Waals surface area contributed by atoms with Gasteiger partial charge < -0.3 is 15.1 Å². The van der Waals surface area contributed by atoms with Gasteiger partial charge in [-0.15, -0.1) is 4.73 Å². The van der Waals surface area contributed by atoms with Crippen molar-refractivity contribution < 1.29 is 19.8 Å². The lowest BCUT2D eigenvalue weighted by Gasteiger charge is -2.07. The van der Waals surface area contributed by atoms with E-state index in [1.165, 1.54) is 12.1 Å². The van der Waals surface area contributed by atoms with Gasteiger partial charge in [0.1, 0.15) is 0 Å². The minimum absolute atomic E-state index is 0.290. The predicted octanol–water partition coefficient (Wildman–Crippen LogP) is 1.72. The molecule has 0 saturated carbocycles. The lowest BCUT2D eigenvalue weighted by molar-refractivity contribution is 0.0382. The van der Waals surface area contributed by atoms with Crippen molar-refractivity contribution in [2.75, 3.05) is 0 Å². The van der Waals surface area contributed by atoms with E-state index in [1.807, 2.05) is 6.07 Å². The van der Waals surface area contributed by atoms with Crippen LogP contribution in [0.25, 0.3) is 10.9 Å². The number of aromatic nitrogens is 2. The van der Waals surface area contributed by atoms with E-state index in [0.717, 1.165) is 10.9 Å². The van der Waals surface area contributed by atoms with Crippen LogP contribution in [0.2, 0.25) is 0 Å². The Kier molecular flexibility index (Phi) is 2.76. The molecule has 0 aliphatic heterocycles. The maximum atomic E-state index is 12.0. The maximum Gasteiger partial charge on any atom is 0.363 e. The summed E-state index contributed by atoms with van der Waals surface area (Å²) in [6.07, 6.45) is 1.66. The lowest BCUT2D eigenvalue weighted by Crippen LogP contribution is -2.19. The molecule has 100 valence electrons. The molecule has 6 nitrogen and oxygen atoms in total. The predicted molar refractivity (Wildman–Crippen MR) is 70.4 cm³/mol. The monoisotopic (exact) mass is 270 g/mol. The molecule has 0 radical (unpaired) electrons. The fraction of sp³-hybridized carbons (Fsp3) is 0. The third kappa shape index (κ3) is 2.03. The van der Waals surface area contributed by atoms with Gasteiger partial charge in [-0.1, -0.05) is 6.07 Å². The summed E-state index contributed by atoms with van der Waals surface area (Å²) < 4.78 is 0.649. The molecule has 0 amide bonds. The highest BCUT2D eigenvalue weighted by atomic mass is 16.7. The van der Waals surface area contributed by atoms with Crippen LogP contribution in [0.15, 0.2) is 48.7 Å². The Morgan fingerprint density at radius 2 is 1.85 bits per heavy atom. The summed E-state index contributed by atoms with van der Waals surface area (Å²) in [5, 5.41) is 19.6. The highest BCUT2D eigenvalue weighted by molar-refractivity contribution is 5.94. The van der Waals surface area contributed by atoms with Crippen LogP contribution in [0.3, 0.4) is 0 Å². The number of hydrogen-bond acceptors (Lipinski definition) is 5. The summed E-state index contributed by atoms with van der Waals surface area (Å²) >= 11 is 0. The van der Waals surface area contributed by atoms with Gasteiger partial charge in [0.25, 0.3) is 0 Å². The fourth-order valence-electron chi connectivity index (χ4n) is 1.83. The molecule has 3 aromatic rings. The van der Waals surface area contributed by atoms with Crippen LogP contribution in [0, 0.1) is 0 Å². The van der Waals surface area contributed by atoms with Crippen molar-refractivity contribution in [3.05, 3.63) is 54.2 Å². The molecule has 2 aromatic heterocycles. The molecule has 20 heavy (non-hydrogen) atoms. The summed E-state index contributed by atoms with van der Waals surface area (Å²) in [6, 6.07) is 10.9. The topological polar surface area (TPSA) is 84.6 Å². The van der Waals surface area contributed by atoms with Crippen LogP contribution in [-0.2, 0) is 0 Å². The Morgan fingerprint density at radius 1 is 1.10 bits per heavy atom. The molecule has 1 aromatic carbocycles. The van der Waals surface area contributed by atoms with Crippen LogP contribution >= 0.6 is 0 Å². The Hall–Kier alpha value is -3.02. The molecule has 2 N–H and O–H groups in total. The first-order valence-electron chi connectivity index (χ1n) is 5.82. The summed E-state index contributed by atoms with van der Waals surface area (Å²) in [5.74, 6) is -1.42. The van der Waals surface area contributed by atoms with Crippen LogP contribution in [0.5, 0.6) is 11.8 Å². The maximum absolute atomic E-state index is 12.0. The van der Waals surface area contributed by atoms with Gasteiger partial charge in [-0.2, -0.15) is 0 Å². The van der Waals surface area contributed by atoms with Crippen molar-refractivity contribution >= 4 is 16.9 Å². The largest absolute Gasteiger partial charge is 0.492 e. The highest BCUT2D eigenvalue weighted by Gasteiger charge is 2.14. The second-order valence-electron chi connectivity index (χ2n) is 4.13. The first kappa shape index (κ1) is 12.0. The molecule has 0 unspecified atom stereocenters. The van der Waals surface area contributed by atoms with E-state index in [2.05, 4.69) is 4.98 Å². The van der Waals surface area contributed by atoms with E-state index < -0.39 is 5.97 Å². The number of fused-ring (bicyclic) bond motifs is 1. The first-order valence-corrected chi connectivity index (χ1v) is 5.82. The van der Waals surface area contributed by atoms with Gasteiger partial charge in [0, 0.05) is 23.7 Å². The van der Waals surface area contributed by atoms with Crippen molar-refractivity contribution in [2.24, 2.45) is 0 Å². The molecule has 0 bridgehead atoms. The van der Waals surface area contributed by atoms with E-state index in [1.54, 1.807) is 30.5 Å². The number of hydrogen-bond donors (Lipinski definition) is 2. The van der Waals surface area contributed by atoms with Gasteiger partial charge in [-0.3, -0.25) is 4.98 Å². The van der Waals surface area contributed by atoms with Gasteiger partial charge in [-0.25, -0.2) is 4.79 Å². The zero-order valence-electron chi connectivity index (χ0n) is 10.2. The molecular weight excluding hydrogens is 260 g/mol. The Labute approximate surface area is 113 Å². The van der Waals surface area contributed by atoms with Gasteiger partial charge in [0.2, 0.25) is 11.8 Å². The normalized spacial score (nSPS) is 10.6. The number of benzene rings is 1. The number of carbonyl (C=O) groups excluding carboxylic acids is 1. The van der Waals surface area contributed by atoms with Gasteiger partial charge in [-0.05, 0) is 24.3 Å². The second-order valence-corrected chi connectivity index (χ2v) is 4.13. The van der Waals surface area contributed by atoms with E-state index >= 15 is 0 Å². The fourth-order valence-corrected chi connectivity index (χ4v) is 1.83. The van der Waals surface area contributed by atoms with Crippen molar-refractivity contribution in [2.45, 2.75) is 0 Å². The van der Waals surface area contributed by atoms with Crippen LogP contribution < -0.4 is 4.84 Å². The molecular formula is C14H10N2O4. The van der Waals surface area contributed by atoms with E-state index in [0.29, 0.717) is 4.73 Å². The molecule has 3 rings (SSSR count). The Morgan fingerprint density at radius 3 is 2.60 bits per heavy atom. The van der Waals surface area contributed by atoms with E-state index in [9.17, 15) is 15.0 Å². The van der Waals surface area contributed by atoms with Gasteiger partial charge in [0.05, 0.1) is 11.1 Å². The first-order chi connectivity index (χ1) is 9.65. The van der Waals surface area contributed by atoms with Crippen molar-refractivity contribution in [1.29, 1.82) is 0 Å². The van der Waals surface area contributed by atoms with E-state index in [4.69, 9.17) is 4.84 Å². The third-order valence-corrected chi connectivity index (χ3v) is 2.81. The van der Waals surface area contributed by atoms with Crippen molar-refractivity contribution in [3.8, 4) is 11.8 Å². The summed E-state index contributed by atoms with van der Waals surface area (Å²) in [6.45, 7) is 0. The van der Waals surface area contributed by atoms with Gasteiger partial charge in [0.15, 0.2) is 0 Å². The molecule has 0 aliphatic rings. The summed E-state index contributed by atoms with van der Waals surface area (Å²) in [4.78, 5) is 21.0. The molecule has 0 saturated heterocycles. The molecule has 6 heteroatoms. The molecule has 0 aliphatic carbocycles. The molecule has 2 heterocycles. The smallest absolute Gasteiger partial charge is 0.363 e. The van der Waals surface area contributed by atoms with E-state index in [-0.39, 0.29) is 17.3 Å². The van der Waals surface area contributed by atoms with Crippen LogP contribution in [0.1, 0.15) is 10.4 Å². The lowest BCUT2D eigenvalue weighted by atomic mass is 10.1. The number of aromatic hydroxyl groups is 2. The quantitative estimate of drug-likeness (QED) is 0.740. The average Bonchev–Trinajstić information content (AvgIpc) is 2.78. The average molecular weight is 270 g/mol. The number of pyridine rings is 1. The summed E-state index contributed by atoms with van der Waals surface area (Å²) in [5.41, 5.74) is 1.05. The molecule has 0 spiro atoms. The Bertz CT molecular complexity index is 775. The van der Waals surface area contributed by atoms with Crippen LogP contribution in [-0.4, -0.2) is 25.9 Å². The SMILES string of the molecule is O=C(On1c(O)ccc1O)c1ccc2ncccc2c1. The zero-order valence-corrected chi connectivity index (χ0v) is 10.2. The zero-order chi connectivity index (χ0) is 14.1. The minimum Gasteiger partial charge on any atom is -0.492 e. The minimum atomic E-state index is -0.697.